The first-order valence-electron chi connectivity index (χ1n) is 5.51. The zero-order valence-electron chi connectivity index (χ0n) is 9.77. The smallest absolute Gasteiger partial charge is 0.119 e. The van der Waals surface area contributed by atoms with Gasteiger partial charge >= 0.3 is 0 Å². The van der Waals surface area contributed by atoms with Crippen LogP contribution in [-0.4, -0.2) is 12.1 Å². The van der Waals surface area contributed by atoms with E-state index in [0.29, 0.717) is 0 Å². The molecule has 1 heterocycles. The summed E-state index contributed by atoms with van der Waals surface area (Å²) < 4.78 is 6.21. The minimum Gasteiger partial charge on any atom is -0.497 e. The Balaban J connectivity index is 2.44. The van der Waals surface area contributed by atoms with E-state index in [0.717, 1.165) is 37.7 Å². The molecule has 2 aromatic carbocycles. The van der Waals surface area contributed by atoms with Gasteiger partial charge in [0.15, 0.2) is 0 Å². The Morgan fingerprint density at radius 2 is 1.89 bits per heavy atom. The van der Waals surface area contributed by atoms with Crippen LogP contribution in [-0.2, 0) is 0 Å². The lowest BCUT2D eigenvalue weighted by atomic mass is 10.1. The van der Waals surface area contributed by atoms with Crippen LogP contribution in [0.1, 0.15) is 0 Å². The summed E-state index contributed by atoms with van der Waals surface area (Å²) in [5.41, 5.74) is 8.72. The number of pyridine rings is 1. The SMILES string of the molecule is COc1ccc2nc3cc(Br)ccc3c(N)c2c1. The molecular weight excluding hydrogens is 292 g/mol. The van der Waals surface area contributed by atoms with Crippen LogP contribution >= 0.6 is 15.9 Å². The number of fused-ring (bicyclic) bond motifs is 2. The summed E-state index contributed by atoms with van der Waals surface area (Å²) in [6, 6.07) is 11.6. The molecule has 1 aromatic heterocycles. The number of nitrogens with two attached hydrogens (primary N) is 1. The molecule has 0 saturated heterocycles. The van der Waals surface area contributed by atoms with Crippen LogP contribution in [0.3, 0.4) is 0 Å². The summed E-state index contributed by atoms with van der Waals surface area (Å²) >= 11 is 3.44. The van der Waals surface area contributed by atoms with Crippen LogP contribution in [0.15, 0.2) is 40.9 Å². The van der Waals surface area contributed by atoms with Crippen LogP contribution in [0.25, 0.3) is 21.8 Å². The van der Waals surface area contributed by atoms with E-state index in [1.807, 2.05) is 36.4 Å². The molecule has 4 heteroatoms. The lowest BCUT2D eigenvalue weighted by Crippen LogP contribution is -1.93. The van der Waals surface area contributed by atoms with E-state index in [-0.39, 0.29) is 0 Å². The number of aromatic nitrogens is 1. The van der Waals surface area contributed by atoms with Gasteiger partial charge in [-0.1, -0.05) is 15.9 Å². The topological polar surface area (TPSA) is 48.1 Å². The molecule has 18 heavy (non-hydrogen) atoms. The molecule has 0 aliphatic heterocycles. The van der Waals surface area contributed by atoms with Gasteiger partial charge in [-0.15, -0.1) is 0 Å². The minimum absolute atomic E-state index is 0.737. The summed E-state index contributed by atoms with van der Waals surface area (Å²) in [5.74, 6) is 0.785. The summed E-state index contributed by atoms with van der Waals surface area (Å²) in [4.78, 5) is 4.61. The van der Waals surface area contributed by atoms with Crippen LogP contribution < -0.4 is 10.5 Å². The van der Waals surface area contributed by atoms with Crippen molar-refractivity contribution in [1.29, 1.82) is 0 Å². The predicted octanol–water partition coefficient (Wildman–Crippen LogP) is 3.74. The predicted molar refractivity (Wildman–Crippen MR) is 77.9 cm³/mol. The minimum atomic E-state index is 0.737. The van der Waals surface area contributed by atoms with Gasteiger partial charge in [0.05, 0.1) is 23.8 Å². The third-order valence-electron chi connectivity index (χ3n) is 2.98. The molecule has 0 saturated carbocycles. The first-order valence-corrected chi connectivity index (χ1v) is 6.31. The molecular formula is C14H11BrN2O. The molecule has 0 spiro atoms. The zero-order chi connectivity index (χ0) is 12.7. The third kappa shape index (κ3) is 1.69. The molecule has 0 bridgehead atoms. The van der Waals surface area contributed by atoms with Gasteiger partial charge in [0.2, 0.25) is 0 Å². The number of ether oxygens (including phenoxy) is 1. The van der Waals surface area contributed by atoms with Crippen molar-refractivity contribution >= 4 is 43.4 Å². The summed E-state index contributed by atoms with van der Waals surface area (Å²) in [7, 11) is 1.64. The van der Waals surface area contributed by atoms with E-state index >= 15 is 0 Å². The van der Waals surface area contributed by atoms with Crippen LogP contribution in [0, 0.1) is 0 Å². The fraction of sp³-hybridized carbons (Fsp3) is 0.0714. The molecule has 3 nitrogen and oxygen atoms in total. The highest BCUT2D eigenvalue weighted by molar-refractivity contribution is 9.10. The van der Waals surface area contributed by atoms with E-state index in [1.165, 1.54) is 0 Å². The molecule has 0 unspecified atom stereocenters. The number of hydrogen-bond donors (Lipinski definition) is 1. The van der Waals surface area contributed by atoms with E-state index in [1.54, 1.807) is 7.11 Å². The second-order valence-electron chi connectivity index (χ2n) is 4.07. The van der Waals surface area contributed by atoms with Gasteiger partial charge in [-0.2, -0.15) is 0 Å². The van der Waals surface area contributed by atoms with Crippen LogP contribution in [0.5, 0.6) is 5.75 Å². The van der Waals surface area contributed by atoms with Crippen LogP contribution in [0.4, 0.5) is 5.69 Å². The molecule has 90 valence electrons. The normalized spacial score (nSPS) is 11.0. The molecule has 0 aliphatic rings. The Morgan fingerprint density at radius 1 is 1.06 bits per heavy atom. The number of hydrogen-bond acceptors (Lipinski definition) is 3. The van der Waals surface area contributed by atoms with Gasteiger partial charge in [-0.05, 0) is 36.4 Å². The van der Waals surface area contributed by atoms with Crippen molar-refractivity contribution in [2.24, 2.45) is 0 Å². The maximum Gasteiger partial charge on any atom is 0.119 e. The maximum atomic E-state index is 6.22. The number of halogens is 1. The molecule has 0 radical (unpaired) electrons. The third-order valence-corrected chi connectivity index (χ3v) is 3.48. The number of methoxy groups -OCH3 is 1. The highest BCUT2D eigenvalue weighted by Crippen LogP contribution is 2.31. The zero-order valence-corrected chi connectivity index (χ0v) is 11.4. The van der Waals surface area contributed by atoms with Crippen molar-refractivity contribution in [2.45, 2.75) is 0 Å². The fourth-order valence-electron chi connectivity index (χ4n) is 2.06. The number of anilines is 1. The molecule has 3 aromatic rings. The highest BCUT2D eigenvalue weighted by Gasteiger charge is 2.07. The Labute approximate surface area is 113 Å². The highest BCUT2D eigenvalue weighted by atomic mass is 79.9. The second kappa shape index (κ2) is 4.14. The average molecular weight is 303 g/mol. The average Bonchev–Trinajstić information content (AvgIpc) is 2.38. The lowest BCUT2D eigenvalue weighted by Gasteiger charge is -2.08. The molecule has 0 aliphatic carbocycles. The Bertz CT molecular complexity index is 755. The first-order chi connectivity index (χ1) is 8.69. The van der Waals surface area contributed by atoms with Crippen LogP contribution in [0.2, 0.25) is 0 Å². The Morgan fingerprint density at radius 3 is 2.67 bits per heavy atom. The number of rotatable bonds is 1. The lowest BCUT2D eigenvalue weighted by molar-refractivity contribution is 0.415. The van der Waals surface area contributed by atoms with Gasteiger partial charge in [0.25, 0.3) is 0 Å². The summed E-state index contributed by atoms with van der Waals surface area (Å²) in [5, 5.41) is 1.88. The maximum absolute atomic E-state index is 6.22. The van der Waals surface area contributed by atoms with Crippen molar-refractivity contribution < 1.29 is 4.74 Å². The molecule has 2 N–H and O–H groups in total. The van der Waals surface area contributed by atoms with Crippen molar-refractivity contribution in [3.8, 4) is 5.75 Å². The van der Waals surface area contributed by atoms with Gasteiger partial charge < -0.3 is 10.5 Å². The largest absolute Gasteiger partial charge is 0.497 e. The number of benzene rings is 2. The molecule has 0 atom stereocenters. The summed E-state index contributed by atoms with van der Waals surface area (Å²) in [6.45, 7) is 0. The van der Waals surface area contributed by atoms with Crippen molar-refractivity contribution in [2.75, 3.05) is 12.8 Å². The van der Waals surface area contributed by atoms with E-state index in [9.17, 15) is 0 Å². The fourth-order valence-corrected chi connectivity index (χ4v) is 2.40. The van der Waals surface area contributed by atoms with Crippen molar-refractivity contribution in [1.82, 2.24) is 4.98 Å². The Kier molecular flexibility index (Phi) is 2.59. The molecule has 0 fully saturated rings. The van der Waals surface area contributed by atoms with Crippen molar-refractivity contribution in [3.05, 3.63) is 40.9 Å². The number of nitrogens with zero attached hydrogens (tertiary/aromatic N) is 1. The molecule has 0 amide bonds. The van der Waals surface area contributed by atoms with E-state index in [4.69, 9.17) is 10.5 Å². The van der Waals surface area contributed by atoms with E-state index in [2.05, 4.69) is 20.9 Å². The quantitative estimate of drug-likeness (QED) is 0.697. The second-order valence-corrected chi connectivity index (χ2v) is 4.99. The van der Waals surface area contributed by atoms with Gasteiger partial charge in [-0.3, -0.25) is 0 Å². The Hall–Kier alpha value is -1.81. The standard InChI is InChI=1S/C14H11BrN2O/c1-18-9-3-5-12-11(7-9)14(16)10-4-2-8(15)6-13(10)17-12/h2-7H,1H3,(H2,16,17). The van der Waals surface area contributed by atoms with Crippen molar-refractivity contribution in [3.63, 3.8) is 0 Å². The summed E-state index contributed by atoms with van der Waals surface area (Å²) in [6.07, 6.45) is 0. The first kappa shape index (κ1) is 11.3. The van der Waals surface area contributed by atoms with Gasteiger partial charge in [0, 0.05) is 15.2 Å². The monoisotopic (exact) mass is 302 g/mol. The number of nitrogen functional groups attached to an aromatic ring is 1. The van der Waals surface area contributed by atoms with Gasteiger partial charge in [-0.25, -0.2) is 4.98 Å². The van der Waals surface area contributed by atoms with Gasteiger partial charge in [0.1, 0.15) is 5.75 Å². The van der Waals surface area contributed by atoms with E-state index < -0.39 is 0 Å². The molecule has 3 rings (SSSR count).